The van der Waals surface area contributed by atoms with Crippen molar-refractivity contribution < 1.29 is 4.74 Å². The summed E-state index contributed by atoms with van der Waals surface area (Å²) in [6.07, 6.45) is 6.18. The molecule has 1 aliphatic heterocycles. The monoisotopic (exact) mass is 459 g/mol. The van der Waals surface area contributed by atoms with E-state index in [-0.39, 0.29) is 0 Å². The summed E-state index contributed by atoms with van der Waals surface area (Å²) in [4.78, 5) is 11.5. The summed E-state index contributed by atoms with van der Waals surface area (Å²) in [5.41, 5.74) is 1.01. The van der Waals surface area contributed by atoms with Crippen LogP contribution in [0.25, 0.3) is 0 Å². The van der Waals surface area contributed by atoms with E-state index < -0.39 is 0 Å². The molecule has 0 spiro atoms. The lowest BCUT2D eigenvalue weighted by atomic mass is 10.2. The zero-order valence-electron chi connectivity index (χ0n) is 17.6. The number of hydrogen-bond acceptors (Lipinski definition) is 5. The number of nitrogens with zero attached hydrogens (tertiary/aromatic N) is 4. The van der Waals surface area contributed by atoms with Crippen LogP contribution >= 0.6 is 23.2 Å². The lowest BCUT2D eigenvalue weighted by molar-refractivity contribution is 0.275. The van der Waals surface area contributed by atoms with Crippen molar-refractivity contribution in [1.82, 2.24) is 19.4 Å². The zero-order chi connectivity index (χ0) is 21.6. The fraction of sp³-hybridized carbons (Fsp3) is 0.391. The predicted molar refractivity (Wildman–Crippen MR) is 125 cm³/mol. The summed E-state index contributed by atoms with van der Waals surface area (Å²) >= 11 is 12.2. The molecule has 1 saturated heterocycles. The Labute approximate surface area is 193 Å². The molecule has 6 nitrogen and oxygen atoms in total. The lowest BCUT2D eigenvalue weighted by Crippen LogP contribution is -2.34. The van der Waals surface area contributed by atoms with Gasteiger partial charge in [-0.25, -0.2) is 4.98 Å². The summed E-state index contributed by atoms with van der Waals surface area (Å²) in [5, 5.41) is 4.70. The van der Waals surface area contributed by atoms with Crippen LogP contribution in [0.2, 0.25) is 10.0 Å². The Morgan fingerprint density at radius 1 is 1.19 bits per heavy atom. The van der Waals surface area contributed by atoms with Crippen molar-refractivity contribution >= 4 is 29.0 Å². The molecule has 4 rings (SSSR count). The van der Waals surface area contributed by atoms with Crippen LogP contribution in [-0.2, 0) is 13.2 Å². The number of likely N-dealkylation sites (tertiary alicyclic amines) is 1. The second-order valence-electron chi connectivity index (χ2n) is 7.70. The number of aromatic nitrogens is 3. The SMILES string of the molecule is CCN1CCCC1CNc1cccc(OCc2nccn2Cc2cc(Cl)cc(Cl)c2)n1. The van der Waals surface area contributed by atoms with Gasteiger partial charge in [-0.15, -0.1) is 0 Å². The maximum Gasteiger partial charge on any atom is 0.215 e. The van der Waals surface area contributed by atoms with E-state index in [9.17, 15) is 0 Å². The van der Waals surface area contributed by atoms with Crippen LogP contribution in [0.3, 0.4) is 0 Å². The highest BCUT2D eigenvalue weighted by atomic mass is 35.5. The van der Waals surface area contributed by atoms with Crippen molar-refractivity contribution in [3.63, 3.8) is 0 Å². The second kappa shape index (κ2) is 10.4. The number of benzene rings is 1. The van der Waals surface area contributed by atoms with Gasteiger partial charge in [-0.05, 0) is 55.8 Å². The third-order valence-electron chi connectivity index (χ3n) is 5.57. The number of halogens is 2. The third kappa shape index (κ3) is 5.91. The fourth-order valence-corrected chi connectivity index (χ4v) is 4.59. The molecule has 1 aromatic carbocycles. The number of likely N-dealkylation sites (N-methyl/N-ethyl adjacent to an activating group) is 1. The van der Waals surface area contributed by atoms with Crippen molar-refractivity contribution in [3.8, 4) is 5.88 Å². The molecule has 1 aliphatic rings. The molecule has 0 bridgehead atoms. The molecule has 8 heteroatoms. The quantitative estimate of drug-likeness (QED) is 0.481. The Morgan fingerprint density at radius 3 is 2.84 bits per heavy atom. The standard InChI is InChI=1S/C23H27Cl2N5O/c1-2-29-9-4-5-20(29)14-27-21-6-3-7-23(28-21)31-16-22-26-8-10-30(22)15-17-11-18(24)13-19(25)12-17/h3,6-8,10-13,20H,2,4-5,9,14-16H2,1H3,(H,27,28). The summed E-state index contributed by atoms with van der Waals surface area (Å²) in [5.74, 6) is 2.21. The highest BCUT2D eigenvalue weighted by molar-refractivity contribution is 6.34. The zero-order valence-corrected chi connectivity index (χ0v) is 19.1. The highest BCUT2D eigenvalue weighted by Crippen LogP contribution is 2.21. The van der Waals surface area contributed by atoms with Crippen LogP contribution in [0.4, 0.5) is 5.82 Å². The van der Waals surface area contributed by atoms with Gasteiger partial charge in [0.05, 0.1) is 0 Å². The smallest absolute Gasteiger partial charge is 0.215 e. The number of pyridine rings is 1. The van der Waals surface area contributed by atoms with Gasteiger partial charge in [-0.3, -0.25) is 4.90 Å². The van der Waals surface area contributed by atoms with Gasteiger partial charge in [-0.2, -0.15) is 4.98 Å². The Kier molecular flexibility index (Phi) is 7.33. The summed E-state index contributed by atoms with van der Waals surface area (Å²) < 4.78 is 7.95. The van der Waals surface area contributed by atoms with Crippen LogP contribution < -0.4 is 10.1 Å². The molecule has 31 heavy (non-hydrogen) atoms. The van der Waals surface area contributed by atoms with E-state index in [0.717, 1.165) is 30.3 Å². The molecule has 1 unspecified atom stereocenters. The molecule has 0 radical (unpaired) electrons. The summed E-state index contributed by atoms with van der Waals surface area (Å²) in [7, 11) is 0. The molecule has 0 saturated carbocycles. The number of imidazole rings is 1. The first kappa shape index (κ1) is 21.9. The maximum absolute atomic E-state index is 6.12. The topological polar surface area (TPSA) is 55.2 Å². The average Bonchev–Trinajstić information content (AvgIpc) is 3.39. The van der Waals surface area contributed by atoms with Gasteiger partial charge in [0.1, 0.15) is 18.2 Å². The van der Waals surface area contributed by atoms with E-state index in [1.807, 2.05) is 41.1 Å². The van der Waals surface area contributed by atoms with E-state index in [2.05, 4.69) is 27.1 Å². The van der Waals surface area contributed by atoms with Gasteiger partial charge in [-0.1, -0.05) is 36.2 Å². The number of anilines is 1. The molecule has 3 heterocycles. The van der Waals surface area contributed by atoms with Crippen LogP contribution in [0.5, 0.6) is 5.88 Å². The molecule has 3 aromatic rings. The Morgan fingerprint density at radius 2 is 2.03 bits per heavy atom. The predicted octanol–water partition coefficient (Wildman–Crippen LogP) is 5.11. The molecule has 0 amide bonds. The first-order chi connectivity index (χ1) is 15.1. The van der Waals surface area contributed by atoms with Gasteiger partial charge in [0.2, 0.25) is 5.88 Å². The Bertz CT molecular complexity index is 989. The van der Waals surface area contributed by atoms with E-state index in [1.54, 1.807) is 12.3 Å². The minimum atomic E-state index is 0.323. The van der Waals surface area contributed by atoms with Gasteiger partial charge in [0.15, 0.2) is 0 Å². The number of rotatable bonds is 9. The normalized spacial score (nSPS) is 16.5. The van der Waals surface area contributed by atoms with Crippen molar-refractivity contribution in [3.05, 3.63) is 70.2 Å². The second-order valence-corrected chi connectivity index (χ2v) is 8.58. The van der Waals surface area contributed by atoms with E-state index in [4.69, 9.17) is 27.9 Å². The summed E-state index contributed by atoms with van der Waals surface area (Å²) in [6.45, 7) is 6.34. The highest BCUT2D eigenvalue weighted by Gasteiger charge is 2.22. The molecular formula is C23H27Cl2N5O. The molecule has 1 fully saturated rings. The van der Waals surface area contributed by atoms with Crippen LogP contribution in [0.1, 0.15) is 31.2 Å². The van der Waals surface area contributed by atoms with E-state index >= 15 is 0 Å². The molecule has 1 N–H and O–H groups in total. The first-order valence-corrected chi connectivity index (χ1v) is 11.4. The minimum Gasteiger partial charge on any atom is -0.469 e. The molecular weight excluding hydrogens is 433 g/mol. The number of hydrogen-bond donors (Lipinski definition) is 1. The largest absolute Gasteiger partial charge is 0.469 e. The minimum absolute atomic E-state index is 0.323. The number of nitrogens with one attached hydrogen (secondary N) is 1. The average molecular weight is 460 g/mol. The van der Waals surface area contributed by atoms with Crippen LogP contribution in [0.15, 0.2) is 48.8 Å². The lowest BCUT2D eigenvalue weighted by Gasteiger charge is -2.23. The molecule has 2 aromatic heterocycles. The van der Waals surface area contributed by atoms with E-state index in [0.29, 0.717) is 35.1 Å². The Hall–Kier alpha value is -2.28. The fourth-order valence-electron chi connectivity index (χ4n) is 4.02. The molecule has 164 valence electrons. The van der Waals surface area contributed by atoms with Gasteiger partial charge in [0, 0.05) is 47.6 Å². The molecule has 1 atom stereocenters. The van der Waals surface area contributed by atoms with Gasteiger partial charge >= 0.3 is 0 Å². The molecule has 0 aliphatic carbocycles. The van der Waals surface area contributed by atoms with Crippen molar-refractivity contribution in [2.45, 2.75) is 39.0 Å². The van der Waals surface area contributed by atoms with Crippen molar-refractivity contribution in [2.75, 3.05) is 25.0 Å². The van der Waals surface area contributed by atoms with Crippen LogP contribution in [-0.4, -0.2) is 45.1 Å². The van der Waals surface area contributed by atoms with E-state index in [1.165, 1.54) is 19.4 Å². The van der Waals surface area contributed by atoms with Gasteiger partial charge in [0.25, 0.3) is 0 Å². The third-order valence-corrected chi connectivity index (χ3v) is 6.01. The van der Waals surface area contributed by atoms with Crippen molar-refractivity contribution in [1.29, 1.82) is 0 Å². The Balaban J connectivity index is 1.35. The van der Waals surface area contributed by atoms with Crippen molar-refractivity contribution in [2.24, 2.45) is 0 Å². The number of ether oxygens (including phenoxy) is 1. The van der Waals surface area contributed by atoms with Crippen LogP contribution in [0, 0.1) is 0 Å². The summed E-state index contributed by atoms with van der Waals surface area (Å²) in [6, 6.07) is 11.9. The maximum atomic E-state index is 6.12. The first-order valence-electron chi connectivity index (χ1n) is 10.6. The van der Waals surface area contributed by atoms with Gasteiger partial charge < -0.3 is 14.6 Å².